The Morgan fingerprint density at radius 1 is 1.23 bits per heavy atom. The first-order valence-electron chi connectivity index (χ1n) is 15.0. The first-order chi connectivity index (χ1) is 22.6. The molecule has 0 saturated heterocycles. The molecule has 1 atom stereocenters. The Balaban J connectivity index is 0.00000124. The van der Waals surface area contributed by atoms with Crippen LogP contribution in [0.15, 0.2) is 48.7 Å². The molecular formula is C34H33ClF2N4O6. The number of rotatable bonds is 8. The maximum absolute atomic E-state index is 16.7. The summed E-state index contributed by atoms with van der Waals surface area (Å²) in [5, 5.41) is 14.5. The van der Waals surface area contributed by atoms with Crippen LogP contribution in [-0.4, -0.2) is 53.6 Å². The molecule has 1 aromatic heterocycles. The molecule has 3 heterocycles. The van der Waals surface area contributed by atoms with Crippen LogP contribution in [0, 0.1) is 17.6 Å². The van der Waals surface area contributed by atoms with Crippen molar-refractivity contribution in [1.82, 2.24) is 15.1 Å². The van der Waals surface area contributed by atoms with Crippen LogP contribution in [0.3, 0.4) is 0 Å². The van der Waals surface area contributed by atoms with Crippen molar-refractivity contribution in [2.24, 2.45) is 18.7 Å². The van der Waals surface area contributed by atoms with Gasteiger partial charge in [-0.1, -0.05) is 41.9 Å². The van der Waals surface area contributed by atoms with Crippen molar-refractivity contribution < 1.29 is 37.7 Å². The number of benzene rings is 3. The monoisotopic (exact) mass is 666 g/mol. The second kappa shape index (κ2) is 12.9. The minimum absolute atomic E-state index is 0.0242. The molecule has 0 bridgehead atoms. The molecule has 13 heteroatoms. The largest absolute Gasteiger partial charge is 0.483 e. The second-order valence-corrected chi connectivity index (χ2v) is 12.3. The molecule has 1 amide bonds. The van der Waals surface area contributed by atoms with E-state index in [1.807, 2.05) is 30.3 Å². The van der Waals surface area contributed by atoms with Crippen molar-refractivity contribution in [1.29, 1.82) is 0 Å². The van der Waals surface area contributed by atoms with Crippen LogP contribution in [0.4, 0.5) is 8.78 Å². The minimum atomic E-state index is -0.946. The highest BCUT2D eigenvalue weighted by atomic mass is 35.5. The van der Waals surface area contributed by atoms with Gasteiger partial charge in [-0.2, -0.15) is 5.10 Å². The van der Waals surface area contributed by atoms with Crippen LogP contribution >= 0.6 is 11.6 Å². The summed E-state index contributed by atoms with van der Waals surface area (Å²) in [5.74, 6) is -1.93. The molecule has 3 aliphatic rings. The molecule has 0 spiro atoms. The lowest BCUT2D eigenvalue weighted by Crippen LogP contribution is -2.45. The number of carbonyl (C=O) groups is 2. The van der Waals surface area contributed by atoms with Crippen molar-refractivity contribution in [2.75, 3.05) is 20.2 Å². The van der Waals surface area contributed by atoms with Gasteiger partial charge in [0.1, 0.15) is 23.9 Å². The first-order valence-corrected chi connectivity index (χ1v) is 15.4. The predicted octanol–water partition coefficient (Wildman–Crippen LogP) is 5.22. The fraction of sp³-hybridized carbons (Fsp3) is 0.324. The molecule has 1 unspecified atom stereocenters. The van der Waals surface area contributed by atoms with Gasteiger partial charge in [0.05, 0.1) is 16.7 Å². The topological polar surface area (TPSA) is 138 Å². The molecular weight excluding hydrogens is 634 g/mol. The van der Waals surface area contributed by atoms with E-state index in [0.717, 1.165) is 24.9 Å². The quantitative estimate of drug-likeness (QED) is 0.218. The highest BCUT2D eigenvalue weighted by molar-refractivity contribution is 6.34. The predicted molar refractivity (Wildman–Crippen MR) is 169 cm³/mol. The zero-order valence-corrected chi connectivity index (χ0v) is 26.4. The molecule has 3 aromatic carbocycles. The Morgan fingerprint density at radius 2 is 1.96 bits per heavy atom. The molecule has 7 rings (SSSR count). The Morgan fingerprint density at radius 3 is 2.64 bits per heavy atom. The summed E-state index contributed by atoms with van der Waals surface area (Å²) >= 11 is 6.64. The average Bonchev–Trinajstić information content (AvgIpc) is 3.60. The molecule has 1 fully saturated rings. The molecule has 246 valence electrons. The van der Waals surface area contributed by atoms with Crippen molar-refractivity contribution >= 4 is 24.0 Å². The van der Waals surface area contributed by atoms with Crippen LogP contribution in [0.25, 0.3) is 22.3 Å². The molecule has 1 aliphatic carbocycles. The average molecular weight is 667 g/mol. The number of amides is 1. The van der Waals surface area contributed by atoms with Gasteiger partial charge in [0, 0.05) is 67.2 Å². The summed E-state index contributed by atoms with van der Waals surface area (Å²) in [5.41, 5.74) is 7.45. The third-order valence-electron chi connectivity index (χ3n) is 9.01. The normalized spacial score (nSPS) is 20.4. The molecule has 0 radical (unpaired) electrons. The molecule has 1 saturated carbocycles. The second-order valence-electron chi connectivity index (χ2n) is 11.9. The summed E-state index contributed by atoms with van der Waals surface area (Å²) in [7, 11) is 3.46. The third-order valence-corrected chi connectivity index (χ3v) is 9.38. The SMILES string of the molecule is COC1CC(CNCC2(c3ccccc3)Cc3c(cc(F)c(Cl)c3-c3c(C(N)=O)cc4c(c3F)OCc3nn(C)cc3-4)O2)C1.O=CO. The van der Waals surface area contributed by atoms with E-state index < -0.39 is 23.1 Å². The highest BCUT2D eigenvalue weighted by Gasteiger charge is 2.45. The zero-order valence-electron chi connectivity index (χ0n) is 25.7. The number of halogens is 3. The molecule has 4 aromatic rings. The minimum Gasteiger partial charge on any atom is -0.483 e. The summed E-state index contributed by atoms with van der Waals surface area (Å²) in [6.07, 6.45) is 4.20. The molecule has 47 heavy (non-hydrogen) atoms. The number of methoxy groups -OCH3 is 1. The smallest absolute Gasteiger partial charge is 0.290 e. The molecule has 10 nitrogen and oxygen atoms in total. The summed E-state index contributed by atoms with van der Waals surface area (Å²) < 4.78 is 51.6. The number of hydrogen-bond donors (Lipinski definition) is 3. The van der Waals surface area contributed by atoms with Crippen molar-refractivity contribution in [3.05, 3.63) is 87.7 Å². The van der Waals surface area contributed by atoms with Crippen LogP contribution in [0.5, 0.6) is 11.5 Å². The summed E-state index contributed by atoms with van der Waals surface area (Å²) in [6, 6.07) is 12.3. The van der Waals surface area contributed by atoms with E-state index >= 15 is 8.78 Å². The lowest BCUT2D eigenvalue weighted by molar-refractivity contribution is -0.122. The fourth-order valence-electron chi connectivity index (χ4n) is 6.73. The van der Waals surface area contributed by atoms with Crippen LogP contribution in [0.1, 0.15) is 40.0 Å². The lowest BCUT2D eigenvalue weighted by Gasteiger charge is -2.36. The maximum atomic E-state index is 16.7. The van der Waals surface area contributed by atoms with Crippen LogP contribution < -0.4 is 20.5 Å². The van der Waals surface area contributed by atoms with Gasteiger partial charge in [0.2, 0.25) is 5.91 Å². The van der Waals surface area contributed by atoms with Crippen molar-refractivity contribution in [3.63, 3.8) is 0 Å². The van der Waals surface area contributed by atoms with Gasteiger partial charge in [-0.15, -0.1) is 0 Å². The fourth-order valence-corrected chi connectivity index (χ4v) is 7.00. The van der Waals surface area contributed by atoms with Gasteiger partial charge in [0.15, 0.2) is 17.2 Å². The van der Waals surface area contributed by atoms with Crippen LogP contribution in [-0.2, 0) is 35.2 Å². The van der Waals surface area contributed by atoms with E-state index in [9.17, 15) is 4.79 Å². The van der Waals surface area contributed by atoms with Crippen molar-refractivity contribution in [3.8, 4) is 33.8 Å². The van der Waals surface area contributed by atoms with Gasteiger partial charge in [-0.25, -0.2) is 8.78 Å². The Kier molecular flexibility index (Phi) is 8.93. The van der Waals surface area contributed by atoms with E-state index in [1.165, 1.54) is 12.1 Å². The van der Waals surface area contributed by atoms with E-state index in [1.54, 1.807) is 25.0 Å². The molecule has 4 N–H and O–H groups in total. The van der Waals surface area contributed by atoms with E-state index in [2.05, 4.69) is 10.4 Å². The third kappa shape index (κ3) is 5.81. The number of nitrogens with one attached hydrogen (secondary N) is 1. The van der Waals surface area contributed by atoms with E-state index in [-0.39, 0.29) is 58.8 Å². The number of nitrogens with two attached hydrogens (primary N) is 1. The Labute approximate surface area is 274 Å². The number of ether oxygens (including phenoxy) is 3. The van der Waals surface area contributed by atoms with Gasteiger partial charge in [-0.3, -0.25) is 14.3 Å². The standard InChI is InChI=1S/C33H31ClF2N4O4.CH2O2/c1-40-14-23-20-10-21(32(37)41)28(30(36)31(20)43-15-25(23)39-40)27-22-12-33(18-6-4-3-5-7-18,44-26(22)11-24(35)29(27)34)16-38-13-17-8-19(9-17)42-2;2-1-3/h3-7,10-11,14,17,19,38H,8-9,12-13,15-16H2,1-2H3,(H2,37,41);1H,(H,2,3). The number of fused-ring (bicyclic) bond motifs is 4. The lowest BCUT2D eigenvalue weighted by atomic mass is 9.81. The summed E-state index contributed by atoms with van der Waals surface area (Å²) in [4.78, 5) is 21.2. The number of carboxylic acid groups (broad SMARTS) is 1. The zero-order chi connectivity index (χ0) is 33.5. The van der Waals surface area contributed by atoms with Crippen molar-refractivity contribution in [2.45, 2.75) is 37.6 Å². The summed E-state index contributed by atoms with van der Waals surface area (Å²) in [6.45, 7) is 0.943. The Hall–Kier alpha value is -4.52. The number of hydrogen-bond acceptors (Lipinski definition) is 7. The number of carbonyl (C=O) groups excluding carboxylic acids is 1. The van der Waals surface area contributed by atoms with Crippen LogP contribution in [0.2, 0.25) is 5.02 Å². The first kappa shape index (κ1) is 32.4. The highest BCUT2D eigenvalue weighted by Crippen LogP contribution is 2.52. The Bertz CT molecular complexity index is 1850. The number of aryl methyl sites for hydroxylation is 1. The number of aromatic nitrogens is 2. The maximum Gasteiger partial charge on any atom is 0.290 e. The van der Waals surface area contributed by atoms with Gasteiger partial charge in [0.25, 0.3) is 6.47 Å². The van der Waals surface area contributed by atoms with Gasteiger partial charge in [-0.05, 0) is 36.9 Å². The van der Waals surface area contributed by atoms with E-state index in [4.69, 9.17) is 41.4 Å². The van der Waals surface area contributed by atoms with Gasteiger partial charge < -0.3 is 30.4 Å². The van der Waals surface area contributed by atoms with Gasteiger partial charge >= 0.3 is 0 Å². The van der Waals surface area contributed by atoms with E-state index in [0.29, 0.717) is 34.8 Å². The number of primary amides is 1. The number of nitrogens with zero attached hydrogens (tertiary/aromatic N) is 2. The molecule has 2 aliphatic heterocycles.